The maximum atomic E-state index is 12.3. The van der Waals surface area contributed by atoms with Crippen LogP contribution in [0, 0.1) is 0 Å². The van der Waals surface area contributed by atoms with Crippen LogP contribution in [0.3, 0.4) is 0 Å². The number of allylic oxidation sites excluding steroid dienone is 6. The van der Waals surface area contributed by atoms with Gasteiger partial charge in [0.25, 0.3) is 0 Å². The number of amides is 1. The Balaban J connectivity index is 3.52. The summed E-state index contributed by atoms with van der Waals surface area (Å²) in [7, 11) is 0. The average molecular weight is 788 g/mol. The van der Waals surface area contributed by atoms with Gasteiger partial charge in [-0.3, -0.25) is 9.59 Å². The predicted molar refractivity (Wildman–Crippen MR) is 241 cm³/mol. The fraction of sp³-hybridized carbons (Fsp3) is 0.840. The van der Waals surface area contributed by atoms with Crippen molar-refractivity contribution in [2.45, 2.75) is 257 Å². The first-order valence-corrected chi connectivity index (χ1v) is 24.2. The fourth-order valence-electron chi connectivity index (χ4n) is 7.15. The number of nitrogens with one attached hydrogen (secondary N) is 1. The summed E-state index contributed by atoms with van der Waals surface area (Å²) >= 11 is 0. The molecule has 0 saturated heterocycles. The van der Waals surface area contributed by atoms with Gasteiger partial charge in [-0.2, -0.15) is 0 Å². The normalized spacial score (nSPS) is 13.0. The molecule has 0 spiro atoms. The lowest BCUT2D eigenvalue weighted by atomic mass is 10.0. The molecule has 0 fully saturated rings. The van der Waals surface area contributed by atoms with E-state index in [1.807, 2.05) is 6.08 Å². The Bertz CT molecular complexity index is 915. The molecular weight excluding hydrogens is 695 g/mol. The topological polar surface area (TPSA) is 95.9 Å². The molecule has 0 aliphatic rings. The minimum atomic E-state index is -0.697. The number of hydrogen-bond donors (Lipinski definition) is 3. The Morgan fingerprint density at radius 2 is 0.911 bits per heavy atom. The first-order valence-electron chi connectivity index (χ1n) is 24.2. The van der Waals surface area contributed by atoms with Gasteiger partial charge in [-0.15, -0.1) is 0 Å². The van der Waals surface area contributed by atoms with Gasteiger partial charge in [-0.05, 0) is 70.6 Å². The summed E-state index contributed by atoms with van der Waals surface area (Å²) < 4.78 is 5.45. The van der Waals surface area contributed by atoms with E-state index in [1.165, 1.54) is 154 Å². The van der Waals surface area contributed by atoms with E-state index in [1.54, 1.807) is 0 Å². The summed E-state index contributed by atoms with van der Waals surface area (Å²) in [6, 6.07) is -0.583. The first kappa shape index (κ1) is 54.1. The molecule has 1 amide bonds. The van der Waals surface area contributed by atoms with Gasteiger partial charge in [0, 0.05) is 12.8 Å². The number of hydrogen-bond acceptors (Lipinski definition) is 5. The molecule has 0 saturated carbocycles. The molecule has 0 rings (SSSR count). The van der Waals surface area contributed by atoms with E-state index in [2.05, 4.69) is 49.5 Å². The highest BCUT2D eigenvalue weighted by atomic mass is 16.5. The van der Waals surface area contributed by atoms with Crippen LogP contribution in [-0.2, 0) is 14.3 Å². The lowest BCUT2D eigenvalue weighted by Crippen LogP contribution is -2.45. The molecular formula is C50H93NO5. The van der Waals surface area contributed by atoms with Crippen LogP contribution in [0.25, 0.3) is 0 Å². The van der Waals surface area contributed by atoms with Crippen molar-refractivity contribution in [3.8, 4) is 0 Å². The molecule has 0 radical (unpaired) electrons. The van der Waals surface area contributed by atoms with Crippen molar-refractivity contribution in [1.29, 1.82) is 0 Å². The molecule has 0 aromatic rings. The number of esters is 1. The fourth-order valence-corrected chi connectivity index (χ4v) is 7.15. The van der Waals surface area contributed by atoms with E-state index in [0.29, 0.717) is 32.3 Å². The predicted octanol–water partition coefficient (Wildman–Crippen LogP) is 14.1. The molecule has 0 aromatic carbocycles. The smallest absolute Gasteiger partial charge is 0.305 e. The maximum absolute atomic E-state index is 12.3. The zero-order valence-corrected chi connectivity index (χ0v) is 37.1. The van der Waals surface area contributed by atoms with Crippen molar-refractivity contribution in [2.24, 2.45) is 0 Å². The van der Waals surface area contributed by atoms with Gasteiger partial charge in [0.15, 0.2) is 0 Å². The van der Waals surface area contributed by atoms with Crippen molar-refractivity contribution >= 4 is 11.9 Å². The Labute approximate surface area is 347 Å². The van der Waals surface area contributed by atoms with Crippen LogP contribution in [0.15, 0.2) is 36.5 Å². The van der Waals surface area contributed by atoms with E-state index >= 15 is 0 Å². The van der Waals surface area contributed by atoms with Gasteiger partial charge in [0.05, 0.1) is 25.4 Å². The van der Waals surface area contributed by atoms with E-state index in [9.17, 15) is 19.8 Å². The largest absolute Gasteiger partial charge is 0.466 e. The third-order valence-corrected chi connectivity index (χ3v) is 10.9. The summed E-state index contributed by atoms with van der Waals surface area (Å²) in [5.41, 5.74) is 0. The Morgan fingerprint density at radius 1 is 0.500 bits per heavy atom. The molecule has 0 heterocycles. The van der Waals surface area contributed by atoms with Gasteiger partial charge in [0.1, 0.15) is 0 Å². The molecule has 0 aliphatic carbocycles. The quantitative estimate of drug-likeness (QED) is 0.0325. The lowest BCUT2D eigenvalue weighted by Gasteiger charge is -2.22. The van der Waals surface area contributed by atoms with Crippen LogP contribution in [0.4, 0.5) is 0 Å². The number of aliphatic hydroxyl groups excluding tert-OH is 2. The van der Waals surface area contributed by atoms with Crippen LogP contribution in [-0.4, -0.2) is 47.4 Å². The first-order chi connectivity index (χ1) is 27.5. The molecule has 0 aromatic heterocycles. The van der Waals surface area contributed by atoms with Gasteiger partial charge in [-0.1, -0.05) is 198 Å². The standard InChI is InChI=1S/C50H93NO5/c1-3-5-7-9-11-13-14-15-16-17-18-21-24-28-32-36-40-44-50(55)56-45-41-37-33-29-25-22-19-20-23-27-31-35-39-43-49(54)51-47(46-52)48(53)42-38-34-30-26-12-10-8-6-4-2/h15-16,20,23,31,35,47-48,52-53H,3-14,17-19,21-22,24-30,32-34,36-46H2,1-2H3,(H,51,54)/b16-15-,23-20-,35-31-. The monoisotopic (exact) mass is 788 g/mol. The zero-order valence-electron chi connectivity index (χ0n) is 37.1. The SMILES string of the molecule is CCCCCCCC/C=C\CCCCCCCCCC(=O)OCCCCCCCC/C=C\C/C=C\CCC(=O)NC(CO)C(O)CCCCCCCCCCC. The molecule has 2 atom stereocenters. The highest BCUT2D eigenvalue weighted by Crippen LogP contribution is 2.14. The van der Waals surface area contributed by atoms with E-state index < -0.39 is 12.1 Å². The minimum absolute atomic E-state index is 0.0215. The Morgan fingerprint density at radius 3 is 1.41 bits per heavy atom. The van der Waals surface area contributed by atoms with Crippen molar-refractivity contribution in [1.82, 2.24) is 5.32 Å². The summed E-state index contributed by atoms with van der Waals surface area (Å²) in [4.78, 5) is 24.4. The number of ether oxygens (including phenoxy) is 1. The zero-order chi connectivity index (χ0) is 40.8. The minimum Gasteiger partial charge on any atom is -0.466 e. The second kappa shape index (κ2) is 45.8. The number of unbranched alkanes of at least 4 members (excludes halogenated alkanes) is 27. The Hall–Kier alpha value is -1.92. The maximum Gasteiger partial charge on any atom is 0.305 e. The summed E-state index contributed by atoms with van der Waals surface area (Å²) in [5.74, 6) is -0.141. The number of aliphatic hydroxyl groups is 2. The van der Waals surface area contributed by atoms with Gasteiger partial charge in [-0.25, -0.2) is 0 Å². The van der Waals surface area contributed by atoms with E-state index in [-0.39, 0.29) is 18.5 Å². The highest BCUT2D eigenvalue weighted by molar-refractivity contribution is 5.76. The van der Waals surface area contributed by atoms with Crippen molar-refractivity contribution in [3.63, 3.8) is 0 Å². The molecule has 0 bridgehead atoms. The number of carbonyl (C=O) groups is 2. The number of carbonyl (C=O) groups excluding carboxylic acids is 2. The van der Waals surface area contributed by atoms with Gasteiger partial charge in [0.2, 0.25) is 5.91 Å². The molecule has 0 aliphatic heterocycles. The highest BCUT2D eigenvalue weighted by Gasteiger charge is 2.19. The summed E-state index contributed by atoms with van der Waals surface area (Å²) in [5, 5.41) is 22.9. The van der Waals surface area contributed by atoms with Crippen LogP contribution in [0.2, 0.25) is 0 Å². The molecule has 328 valence electrons. The van der Waals surface area contributed by atoms with Crippen LogP contribution >= 0.6 is 0 Å². The van der Waals surface area contributed by atoms with E-state index in [0.717, 1.165) is 51.4 Å². The van der Waals surface area contributed by atoms with Gasteiger partial charge < -0.3 is 20.3 Å². The van der Waals surface area contributed by atoms with Crippen LogP contribution in [0.5, 0.6) is 0 Å². The third kappa shape index (κ3) is 41.7. The summed E-state index contributed by atoms with van der Waals surface area (Å²) in [6.07, 6.45) is 54.1. The van der Waals surface area contributed by atoms with Crippen molar-refractivity contribution in [3.05, 3.63) is 36.5 Å². The van der Waals surface area contributed by atoms with Crippen molar-refractivity contribution < 1.29 is 24.5 Å². The second-order valence-corrected chi connectivity index (χ2v) is 16.4. The van der Waals surface area contributed by atoms with Gasteiger partial charge >= 0.3 is 5.97 Å². The molecule has 56 heavy (non-hydrogen) atoms. The average Bonchev–Trinajstić information content (AvgIpc) is 3.20. The van der Waals surface area contributed by atoms with Crippen LogP contribution < -0.4 is 5.32 Å². The van der Waals surface area contributed by atoms with Crippen molar-refractivity contribution in [2.75, 3.05) is 13.2 Å². The summed E-state index contributed by atoms with van der Waals surface area (Å²) in [6.45, 7) is 4.85. The Kier molecular flexibility index (Phi) is 44.2. The third-order valence-electron chi connectivity index (χ3n) is 10.9. The van der Waals surface area contributed by atoms with Crippen LogP contribution in [0.1, 0.15) is 245 Å². The molecule has 6 nitrogen and oxygen atoms in total. The lowest BCUT2D eigenvalue weighted by molar-refractivity contribution is -0.143. The molecule has 3 N–H and O–H groups in total. The second-order valence-electron chi connectivity index (χ2n) is 16.4. The molecule has 2 unspecified atom stereocenters. The molecule has 6 heteroatoms. The van der Waals surface area contributed by atoms with E-state index in [4.69, 9.17) is 4.74 Å². The number of rotatable bonds is 44.